The third-order valence-corrected chi connectivity index (χ3v) is 6.80. The van der Waals surface area contributed by atoms with Gasteiger partial charge in [0.15, 0.2) is 0 Å². The number of halogens is 1. The number of carbonyl (C=O) groups excluding carboxylic acids is 1. The molecule has 3 heterocycles. The van der Waals surface area contributed by atoms with E-state index < -0.39 is 11.6 Å². The van der Waals surface area contributed by atoms with Gasteiger partial charge in [0.1, 0.15) is 12.4 Å². The number of rotatable bonds is 10. The highest BCUT2D eigenvalue weighted by Crippen LogP contribution is 2.36. The van der Waals surface area contributed by atoms with Gasteiger partial charge in [-0.05, 0) is 29.3 Å². The Balaban J connectivity index is 0.00000300. The number of aryl methyl sites for hydroxylation is 2. The van der Waals surface area contributed by atoms with E-state index in [2.05, 4.69) is 35.4 Å². The highest BCUT2D eigenvalue weighted by Gasteiger charge is 2.43. The molecule has 1 N–H and O–H groups in total. The van der Waals surface area contributed by atoms with Gasteiger partial charge in [0.25, 0.3) is 5.82 Å². The Morgan fingerprint density at radius 2 is 1.86 bits per heavy atom. The maximum atomic E-state index is 12.8. The van der Waals surface area contributed by atoms with Crippen molar-refractivity contribution in [3.05, 3.63) is 63.0 Å². The summed E-state index contributed by atoms with van der Waals surface area (Å²) in [7, 11) is 0. The molecular weight excluding hydrogens is 472 g/mol. The largest absolute Gasteiger partial charge is 1.00 e. The molecule has 0 saturated carbocycles. The van der Waals surface area contributed by atoms with Crippen LogP contribution in [0.4, 0.5) is 0 Å². The Bertz CT molecular complexity index is 842. The summed E-state index contributed by atoms with van der Waals surface area (Å²) < 4.78 is 9.92. The molecule has 0 unspecified atom stereocenters. The van der Waals surface area contributed by atoms with Gasteiger partial charge < -0.3 is 26.8 Å². The fourth-order valence-electron chi connectivity index (χ4n) is 3.14. The Labute approximate surface area is 190 Å². The molecule has 3 aromatic rings. The quantitative estimate of drug-likeness (QED) is 0.256. The molecule has 0 atom stereocenters. The maximum absolute atomic E-state index is 12.8. The minimum absolute atomic E-state index is 0. The van der Waals surface area contributed by atoms with Gasteiger partial charge in [-0.2, -0.15) is 0 Å². The minimum Gasteiger partial charge on any atom is -1.00 e. The molecule has 0 amide bonds. The second-order valence-electron chi connectivity index (χ2n) is 6.74. The molecule has 29 heavy (non-hydrogen) atoms. The van der Waals surface area contributed by atoms with Crippen LogP contribution in [0.5, 0.6) is 0 Å². The molecule has 0 aliphatic heterocycles. The number of imidazole rings is 1. The van der Waals surface area contributed by atoms with Gasteiger partial charge in [0.05, 0.1) is 29.5 Å². The summed E-state index contributed by atoms with van der Waals surface area (Å²) in [4.78, 5) is 14.0. The molecule has 158 valence electrons. The molecule has 3 rings (SSSR count). The maximum Gasteiger partial charge on any atom is 0.349 e. The Hall–Kier alpha value is -1.48. The third kappa shape index (κ3) is 5.36. The SMILES string of the molecule is CCCC[n+]1ccn(CCCOC(=O)C(O)(c2cccs2)c2cccs2)c1C.[Br-]. The van der Waals surface area contributed by atoms with Crippen molar-refractivity contribution in [2.75, 3.05) is 6.61 Å². The normalized spacial score (nSPS) is 11.3. The lowest BCUT2D eigenvalue weighted by atomic mass is 10.0. The summed E-state index contributed by atoms with van der Waals surface area (Å²) in [6.07, 6.45) is 7.20. The number of hydrogen-bond acceptors (Lipinski definition) is 5. The van der Waals surface area contributed by atoms with Gasteiger partial charge in [0, 0.05) is 13.3 Å². The van der Waals surface area contributed by atoms with Crippen LogP contribution < -0.4 is 21.5 Å². The van der Waals surface area contributed by atoms with E-state index in [0.717, 1.165) is 19.5 Å². The molecular formula is C21H27BrN2O3S2. The van der Waals surface area contributed by atoms with Crippen molar-refractivity contribution in [3.63, 3.8) is 0 Å². The molecule has 8 heteroatoms. The van der Waals surface area contributed by atoms with Crippen molar-refractivity contribution < 1.29 is 36.2 Å². The number of thiophene rings is 2. The van der Waals surface area contributed by atoms with Crippen LogP contribution in [0.15, 0.2) is 47.4 Å². The van der Waals surface area contributed by atoms with Crippen LogP contribution in [-0.2, 0) is 28.2 Å². The molecule has 0 fully saturated rings. The van der Waals surface area contributed by atoms with Gasteiger partial charge in [-0.15, -0.1) is 22.7 Å². The number of aliphatic hydroxyl groups is 1. The van der Waals surface area contributed by atoms with Crippen molar-refractivity contribution >= 4 is 28.6 Å². The lowest BCUT2D eigenvalue weighted by Crippen LogP contribution is -3.00. The number of aromatic nitrogens is 2. The van der Waals surface area contributed by atoms with Crippen LogP contribution in [0, 0.1) is 6.92 Å². The Morgan fingerprint density at radius 1 is 1.21 bits per heavy atom. The summed E-state index contributed by atoms with van der Waals surface area (Å²) in [6.45, 7) is 6.36. The number of esters is 1. The van der Waals surface area contributed by atoms with Crippen LogP contribution in [0.25, 0.3) is 0 Å². The van der Waals surface area contributed by atoms with E-state index in [1.807, 2.05) is 22.9 Å². The Morgan fingerprint density at radius 3 is 2.41 bits per heavy atom. The fraction of sp³-hybridized carbons (Fsp3) is 0.429. The topological polar surface area (TPSA) is 55.3 Å². The second-order valence-corrected chi connectivity index (χ2v) is 8.64. The number of hydrogen-bond donors (Lipinski definition) is 1. The first-order valence-electron chi connectivity index (χ1n) is 9.60. The average Bonchev–Trinajstić information content (AvgIpc) is 3.46. The lowest BCUT2D eigenvalue weighted by molar-refractivity contribution is -0.702. The standard InChI is InChI=1S/C21H27N2O3S2.BrH/c1-3-4-10-22-12-13-23(17(22)2)11-7-14-26-20(24)21(25,18-8-5-15-27-18)19-9-6-16-28-19;/h5-6,8-9,12-13,15-16,25H,3-4,7,10-11,14H2,1-2H3;1H/q+1;/p-1. The van der Waals surface area contributed by atoms with Gasteiger partial charge in [0.2, 0.25) is 5.60 Å². The number of unbranched alkanes of at least 4 members (excludes halogenated alkanes) is 1. The lowest BCUT2D eigenvalue weighted by Gasteiger charge is -2.23. The number of carbonyl (C=O) groups is 1. The van der Waals surface area contributed by atoms with E-state index in [1.165, 1.54) is 34.9 Å². The van der Waals surface area contributed by atoms with Crippen LogP contribution >= 0.6 is 22.7 Å². The summed E-state index contributed by atoms with van der Waals surface area (Å²) in [5.41, 5.74) is -1.73. The Kier molecular flexibility index (Phi) is 9.07. The van der Waals surface area contributed by atoms with Crippen LogP contribution in [0.3, 0.4) is 0 Å². The van der Waals surface area contributed by atoms with E-state index in [0.29, 0.717) is 16.2 Å². The van der Waals surface area contributed by atoms with Crippen molar-refractivity contribution in [3.8, 4) is 0 Å². The van der Waals surface area contributed by atoms with Crippen LogP contribution in [0.2, 0.25) is 0 Å². The molecule has 0 saturated heterocycles. The molecule has 0 spiro atoms. The van der Waals surface area contributed by atoms with Crippen molar-refractivity contribution in [1.29, 1.82) is 0 Å². The molecule has 5 nitrogen and oxygen atoms in total. The summed E-state index contributed by atoms with van der Waals surface area (Å²) >= 11 is 2.71. The van der Waals surface area contributed by atoms with Gasteiger partial charge >= 0.3 is 5.97 Å². The predicted molar refractivity (Wildman–Crippen MR) is 111 cm³/mol. The second kappa shape index (κ2) is 11.1. The third-order valence-electron chi connectivity index (χ3n) is 4.84. The molecule has 0 aromatic carbocycles. The van der Waals surface area contributed by atoms with E-state index in [4.69, 9.17) is 4.74 Å². The van der Waals surface area contributed by atoms with E-state index in [-0.39, 0.29) is 23.6 Å². The molecule has 0 aliphatic carbocycles. The van der Waals surface area contributed by atoms with Gasteiger partial charge in [-0.1, -0.05) is 25.5 Å². The first kappa shape index (κ1) is 23.8. The summed E-state index contributed by atoms with van der Waals surface area (Å²) in [5, 5.41) is 14.9. The fourth-order valence-corrected chi connectivity index (χ4v) is 4.85. The predicted octanol–water partition coefficient (Wildman–Crippen LogP) is 0.881. The van der Waals surface area contributed by atoms with E-state index in [1.54, 1.807) is 12.1 Å². The smallest absolute Gasteiger partial charge is 0.349 e. The number of ether oxygens (including phenoxy) is 1. The molecule has 0 radical (unpaired) electrons. The molecule has 3 aromatic heterocycles. The van der Waals surface area contributed by atoms with E-state index >= 15 is 0 Å². The van der Waals surface area contributed by atoms with Crippen LogP contribution in [-0.4, -0.2) is 22.2 Å². The van der Waals surface area contributed by atoms with Crippen molar-refractivity contribution in [2.24, 2.45) is 0 Å². The van der Waals surface area contributed by atoms with Crippen LogP contribution in [0.1, 0.15) is 41.8 Å². The van der Waals surface area contributed by atoms with Gasteiger partial charge in [-0.3, -0.25) is 0 Å². The first-order valence-corrected chi connectivity index (χ1v) is 11.4. The minimum atomic E-state index is -1.73. The molecule has 0 bridgehead atoms. The first-order chi connectivity index (χ1) is 13.6. The van der Waals surface area contributed by atoms with Crippen molar-refractivity contribution in [2.45, 2.75) is 51.8 Å². The summed E-state index contributed by atoms with van der Waals surface area (Å²) in [6, 6.07) is 7.19. The zero-order valence-electron chi connectivity index (χ0n) is 16.7. The van der Waals surface area contributed by atoms with Crippen molar-refractivity contribution in [1.82, 2.24) is 4.57 Å². The van der Waals surface area contributed by atoms with Gasteiger partial charge in [-0.25, -0.2) is 13.9 Å². The highest BCUT2D eigenvalue weighted by molar-refractivity contribution is 7.12. The highest BCUT2D eigenvalue weighted by atomic mass is 79.9. The average molecular weight is 499 g/mol. The number of nitrogens with zero attached hydrogens (tertiary/aromatic N) is 2. The summed E-state index contributed by atoms with van der Waals surface area (Å²) in [5.74, 6) is 0.591. The zero-order chi connectivity index (χ0) is 20.0. The van der Waals surface area contributed by atoms with E-state index in [9.17, 15) is 9.90 Å². The monoisotopic (exact) mass is 498 g/mol. The zero-order valence-corrected chi connectivity index (χ0v) is 19.9. The molecule has 0 aliphatic rings.